The summed E-state index contributed by atoms with van der Waals surface area (Å²) in [6, 6.07) is 15.4. The monoisotopic (exact) mass is 301 g/mol. The molecule has 0 aromatic heterocycles. The Morgan fingerprint density at radius 2 is 1.86 bits per heavy atom. The summed E-state index contributed by atoms with van der Waals surface area (Å²) in [5.74, 6) is 0.269. The van der Waals surface area contributed by atoms with Gasteiger partial charge in [-0.3, -0.25) is 4.79 Å². The zero-order chi connectivity index (χ0) is 15.2. The van der Waals surface area contributed by atoms with E-state index in [0.717, 1.165) is 10.5 Å². The molecule has 2 rings (SSSR count). The lowest BCUT2D eigenvalue weighted by Gasteiger charge is -2.12. The fraction of sp³-hybridized carbons (Fsp3) is 0.235. The molecular weight excluding hydrogens is 282 g/mol. The van der Waals surface area contributed by atoms with Gasteiger partial charge in [0.2, 0.25) is 5.91 Å². The minimum atomic E-state index is -0.605. The molecule has 2 aromatic carbocycles. The molecule has 0 radical (unpaired) electrons. The van der Waals surface area contributed by atoms with Crippen LogP contribution >= 0.6 is 11.8 Å². The van der Waals surface area contributed by atoms with Crippen molar-refractivity contribution in [2.24, 2.45) is 0 Å². The molecule has 110 valence electrons. The summed E-state index contributed by atoms with van der Waals surface area (Å²) in [7, 11) is 0. The molecule has 1 atom stereocenters. The first-order valence-electron chi connectivity index (χ1n) is 6.82. The molecule has 0 saturated carbocycles. The Labute approximate surface area is 129 Å². The van der Waals surface area contributed by atoms with Gasteiger partial charge in [0.25, 0.3) is 0 Å². The standard InChI is InChI=1S/C17H19NO2S/c1-12-7-9-14(10-8-12)21-11-17(20)18-16-6-4-3-5-15(16)13(2)19/h3-10,13,19H,11H2,1-2H3,(H,18,20). The van der Waals surface area contributed by atoms with E-state index in [1.807, 2.05) is 49.4 Å². The van der Waals surface area contributed by atoms with Crippen LogP contribution < -0.4 is 5.32 Å². The summed E-state index contributed by atoms with van der Waals surface area (Å²) in [6.45, 7) is 3.72. The molecule has 0 aliphatic heterocycles. The van der Waals surface area contributed by atoms with E-state index in [-0.39, 0.29) is 5.91 Å². The second-order valence-corrected chi connectivity index (χ2v) is 5.96. The molecular formula is C17H19NO2S. The summed E-state index contributed by atoms with van der Waals surface area (Å²) >= 11 is 1.50. The number of rotatable bonds is 5. The average molecular weight is 301 g/mol. The van der Waals surface area contributed by atoms with E-state index >= 15 is 0 Å². The predicted octanol–water partition coefficient (Wildman–Crippen LogP) is 3.78. The van der Waals surface area contributed by atoms with Gasteiger partial charge in [-0.25, -0.2) is 0 Å². The lowest BCUT2D eigenvalue weighted by molar-refractivity contribution is -0.113. The minimum absolute atomic E-state index is 0.0753. The van der Waals surface area contributed by atoms with Gasteiger partial charge in [-0.2, -0.15) is 0 Å². The molecule has 3 nitrogen and oxygen atoms in total. The Morgan fingerprint density at radius 3 is 2.52 bits per heavy atom. The van der Waals surface area contributed by atoms with Crippen molar-refractivity contribution in [3.8, 4) is 0 Å². The van der Waals surface area contributed by atoms with Crippen molar-refractivity contribution in [3.05, 3.63) is 59.7 Å². The van der Waals surface area contributed by atoms with E-state index in [9.17, 15) is 9.90 Å². The molecule has 2 N–H and O–H groups in total. The third-order valence-corrected chi connectivity index (χ3v) is 4.09. The maximum absolute atomic E-state index is 12.0. The zero-order valence-corrected chi connectivity index (χ0v) is 13.0. The maximum atomic E-state index is 12.0. The van der Waals surface area contributed by atoms with Gasteiger partial charge in [0.1, 0.15) is 0 Å². The minimum Gasteiger partial charge on any atom is -0.389 e. The number of carbonyl (C=O) groups is 1. The van der Waals surface area contributed by atoms with Crippen LogP contribution in [0.4, 0.5) is 5.69 Å². The third-order valence-electron chi connectivity index (χ3n) is 3.08. The number of aliphatic hydroxyl groups excluding tert-OH is 1. The van der Waals surface area contributed by atoms with Crippen LogP contribution in [0, 0.1) is 6.92 Å². The Kier molecular flexibility index (Phi) is 5.42. The Balaban J connectivity index is 1.94. The summed E-state index contributed by atoms with van der Waals surface area (Å²) < 4.78 is 0. The molecule has 0 bridgehead atoms. The first-order chi connectivity index (χ1) is 10.1. The number of thioether (sulfide) groups is 1. The molecule has 1 unspecified atom stereocenters. The van der Waals surface area contributed by atoms with Gasteiger partial charge in [-0.1, -0.05) is 35.9 Å². The molecule has 0 aliphatic carbocycles. The number of carbonyl (C=O) groups excluding carboxylic acids is 1. The second kappa shape index (κ2) is 7.29. The van der Waals surface area contributed by atoms with Crippen molar-refractivity contribution in [2.45, 2.75) is 24.8 Å². The zero-order valence-electron chi connectivity index (χ0n) is 12.2. The number of anilines is 1. The topological polar surface area (TPSA) is 49.3 Å². The molecule has 21 heavy (non-hydrogen) atoms. The number of hydrogen-bond donors (Lipinski definition) is 2. The van der Waals surface area contributed by atoms with Crippen LogP contribution in [0.15, 0.2) is 53.4 Å². The predicted molar refractivity (Wildman–Crippen MR) is 87.6 cm³/mol. The van der Waals surface area contributed by atoms with Gasteiger partial charge in [-0.05, 0) is 32.0 Å². The molecule has 0 aliphatic rings. The second-order valence-electron chi connectivity index (χ2n) is 4.91. The smallest absolute Gasteiger partial charge is 0.234 e. The summed E-state index contributed by atoms with van der Waals surface area (Å²) in [6.07, 6.45) is -0.605. The summed E-state index contributed by atoms with van der Waals surface area (Å²) in [5, 5.41) is 12.5. The van der Waals surface area contributed by atoms with Gasteiger partial charge in [0.15, 0.2) is 0 Å². The first-order valence-corrected chi connectivity index (χ1v) is 7.81. The van der Waals surface area contributed by atoms with Crippen LogP contribution in [0.5, 0.6) is 0 Å². The number of nitrogens with one attached hydrogen (secondary N) is 1. The van der Waals surface area contributed by atoms with Crippen molar-refractivity contribution < 1.29 is 9.90 Å². The lowest BCUT2D eigenvalue weighted by Crippen LogP contribution is -2.15. The van der Waals surface area contributed by atoms with Gasteiger partial charge in [0, 0.05) is 16.1 Å². The maximum Gasteiger partial charge on any atom is 0.234 e. The SMILES string of the molecule is Cc1ccc(SCC(=O)Nc2ccccc2C(C)O)cc1. The third kappa shape index (κ3) is 4.62. The Morgan fingerprint density at radius 1 is 1.19 bits per heavy atom. The highest BCUT2D eigenvalue weighted by Gasteiger charge is 2.10. The molecule has 4 heteroatoms. The number of para-hydroxylation sites is 1. The fourth-order valence-electron chi connectivity index (χ4n) is 1.94. The highest BCUT2D eigenvalue weighted by Crippen LogP contribution is 2.23. The number of aryl methyl sites for hydroxylation is 1. The quantitative estimate of drug-likeness (QED) is 0.826. The first kappa shape index (κ1) is 15.6. The van der Waals surface area contributed by atoms with Gasteiger partial charge >= 0.3 is 0 Å². The van der Waals surface area contributed by atoms with Crippen LogP contribution in [0.1, 0.15) is 24.2 Å². The van der Waals surface area contributed by atoms with E-state index in [0.29, 0.717) is 11.4 Å². The van der Waals surface area contributed by atoms with E-state index < -0.39 is 6.10 Å². The van der Waals surface area contributed by atoms with E-state index in [2.05, 4.69) is 5.32 Å². The van der Waals surface area contributed by atoms with Crippen LogP contribution in [0.2, 0.25) is 0 Å². The van der Waals surface area contributed by atoms with Crippen LogP contribution in [-0.4, -0.2) is 16.8 Å². The number of benzene rings is 2. The number of hydrogen-bond acceptors (Lipinski definition) is 3. The van der Waals surface area contributed by atoms with E-state index in [1.54, 1.807) is 13.0 Å². The average Bonchev–Trinajstić information content (AvgIpc) is 2.47. The molecule has 2 aromatic rings. The van der Waals surface area contributed by atoms with Gasteiger partial charge < -0.3 is 10.4 Å². The summed E-state index contributed by atoms with van der Waals surface area (Å²) in [5.41, 5.74) is 2.60. The number of amides is 1. The van der Waals surface area contributed by atoms with E-state index in [4.69, 9.17) is 0 Å². The van der Waals surface area contributed by atoms with Crippen molar-refractivity contribution in [1.82, 2.24) is 0 Å². The fourth-order valence-corrected chi connectivity index (χ4v) is 2.64. The van der Waals surface area contributed by atoms with E-state index in [1.165, 1.54) is 17.3 Å². The van der Waals surface area contributed by atoms with Crippen LogP contribution in [-0.2, 0) is 4.79 Å². The van der Waals surface area contributed by atoms with Crippen molar-refractivity contribution in [1.29, 1.82) is 0 Å². The van der Waals surface area contributed by atoms with Crippen LogP contribution in [0.3, 0.4) is 0 Å². The molecule has 1 amide bonds. The molecule has 0 saturated heterocycles. The summed E-state index contributed by atoms with van der Waals surface area (Å²) in [4.78, 5) is 13.1. The molecule has 0 spiro atoms. The van der Waals surface area contributed by atoms with Crippen molar-refractivity contribution in [3.63, 3.8) is 0 Å². The Bertz CT molecular complexity index is 608. The highest BCUT2D eigenvalue weighted by molar-refractivity contribution is 8.00. The highest BCUT2D eigenvalue weighted by atomic mass is 32.2. The lowest BCUT2D eigenvalue weighted by atomic mass is 10.1. The van der Waals surface area contributed by atoms with Crippen molar-refractivity contribution >= 4 is 23.4 Å². The van der Waals surface area contributed by atoms with Gasteiger partial charge in [0.05, 0.1) is 11.9 Å². The molecule has 0 heterocycles. The molecule has 0 fully saturated rings. The largest absolute Gasteiger partial charge is 0.389 e. The van der Waals surface area contributed by atoms with Gasteiger partial charge in [-0.15, -0.1) is 11.8 Å². The normalized spacial score (nSPS) is 12.0. The van der Waals surface area contributed by atoms with Crippen molar-refractivity contribution in [2.75, 3.05) is 11.1 Å². The number of aliphatic hydroxyl groups is 1. The Hall–Kier alpha value is -1.78. The van der Waals surface area contributed by atoms with Crippen LogP contribution in [0.25, 0.3) is 0 Å².